The summed E-state index contributed by atoms with van der Waals surface area (Å²) in [4.78, 5) is 29.5. The first-order chi connectivity index (χ1) is 14.5. The van der Waals surface area contributed by atoms with E-state index in [1.54, 1.807) is 14.2 Å². The highest BCUT2D eigenvalue weighted by atomic mass is 16.5. The van der Waals surface area contributed by atoms with Crippen LogP contribution in [0.15, 0.2) is 48.5 Å². The predicted octanol–water partition coefficient (Wildman–Crippen LogP) is 1.87. The molecule has 3 rings (SSSR count). The van der Waals surface area contributed by atoms with Crippen LogP contribution in [0, 0.1) is 6.92 Å². The molecule has 2 aromatic rings. The smallest absolute Gasteiger partial charge is 0.238 e. The number of carbonyl (C=O) groups is 2. The molecule has 0 saturated carbocycles. The predicted molar refractivity (Wildman–Crippen MR) is 118 cm³/mol. The number of ether oxygens (including phenoxy) is 1. The average molecular weight is 411 g/mol. The zero-order chi connectivity index (χ0) is 21.5. The van der Waals surface area contributed by atoms with E-state index in [1.807, 2.05) is 48.2 Å². The zero-order valence-electron chi connectivity index (χ0n) is 17.9. The summed E-state index contributed by atoms with van der Waals surface area (Å²) in [5.74, 6) is 0.377. The van der Waals surface area contributed by atoms with Crippen molar-refractivity contribution in [3.05, 3.63) is 59.7 Å². The number of nitrogens with one attached hydrogen (secondary N) is 2. The quantitative estimate of drug-likeness (QED) is 0.729. The maximum atomic E-state index is 12.7. The van der Waals surface area contributed by atoms with Crippen molar-refractivity contribution < 1.29 is 14.3 Å². The first-order valence-corrected chi connectivity index (χ1v) is 10.2. The van der Waals surface area contributed by atoms with Crippen LogP contribution in [0.3, 0.4) is 0 Å². The molecule has 1 heterocycles. The Kier molecular flexibility index (Phi) is 7.43. The number of benzene rings is 2. The van der Waals surface area contributed by atoms with Crippen LogP contribution in [0.25, 0.3) is 0 Å². The summed E-state index contributed by atoms with van der Waals surface area (Å²) in [6.45, 7) is 4.91. The van der Waals surface area contributed by atoms with Gasteiger partial charge in [-0.15, -0.1) is 0 Å². The van der Waals surface area contributed by atoms with Gasteiger partial charge in [0.25, 0.3) is 0 Å². The molecular weight excluding hydrogens is 380 g/mol. The van der Waals surface area contributed by atoms with Gasteiger partial charge < -0.3 is 15.4 Å². The Morgan fingerprint density at radius 2 is 1.90 bits per heavy atom. The van der Waals surface area contributed by atoms with Gasteiger partial charge in [0.15, 0.2) is 0 Å². The molecule has 0 aliphatic carbocycles. The molecular formula is C23H30N4O3. The van der Waals surface area contributed by atoms with Crippen molar-refractivity contribution in [2.45, 2.75) is 19.5 Å². The van der Waals surface area contributed by atoms with E-state index in [0.717, 1.165) is 18.7 Å². The molecule has 0 spiro atoms. The fourth-order valence-electron chi connectivity index (χ4n) is 3.76. The van der Waals surface area contributed by atoms with Gasteiger partial charge in [-0.05, 0) is 30.2 Å². The molecule has 7 heteroatoms. The Hall–Kier alpha value is -2.90. The fraction of sp³-hybridized carbons (Fsp3) is 0.391. The van der Waals surface area contributed by atoms with Gasteiger partial charge in [0.1, 0.15) is 11.8 Å². The summed E-state index contributed by atoms with van der Waals surface area (Å²) in [5.41, 5.74) is 2.89. The number of carbonyl (C=O) groups excluding carboxylic acids is 2. The second kappa shape index (κ2) is 10.2. The molecule has 0 radical (unpaired) electrons. The Morgan fingerprint density at radius 1 is 1.13 bits per heavy atom. The number of anilines is 1. The highest BCUT2D eigenvalue weighted by Crippen LogP contribution is 2.25. The van der Waals surface area contributed by atoms with E-state index in [0.29, 0.717) is 24.5 Å². The van der Waals surface area contributed by atoms with Crippen molar-refractivity contribution in [3.8, 4) is 5.75 Å². The lowest BCUT2D eigenvalue weighted by Crippen LogP contribution is -2.59. The summed E-state index contributed by atoms with van der Waals surface area (Å²) < 4.78 is 5.34. The van der Waals surface area contributed by atoms with Crippen LogP contribution in [-0.4, -0.2) is 68.0 Å². The van der Waals surface area contributed by atoms with Crippen molar-refractivity contribution in [3.63, 3.8) is 0 Å². The minimum atomic E-state index is -0.377. The van der Waals surface area contributed by atoms with Gasteiger partial charge in [-0.25, -0.2) is 0 Å². The number of hydrogen-bond donors (Lipinski definition) is 2. The van der Waals surface area contributed by atoms with E-state index in [9.17, 15) is 9.59 Å². The second-order valence-electron chi connectivity index (χ2n) is 7.57. The van der Waals surface area contributed by atoms with E-state index < -0.39 is 0 Å². The second-order valence-corrected chi connectivity index (χ2v) is 7.57. The third-order valence-electron chi connectivity index (χ3n) is 5.35. The third kappa shape index (κ3) is 5.58. The van der Waals surface area contributed by atoms with E-state index in [-0.39, 0.29) is 24.4 Å². The number of methoxy groups -OCH3 is 1. The number of amides is 2. The van der Waals surface area contributed by atoms with E-state index in [2.05, 4.69) is 27.7 Å². The van der Waals surface area contributed by atoms with E-state index in [4.69, 9.17) is 4.74 Å². The van der Waals surface area contributed by atoms with Crippen molar-refractivity contribution in [1.82, 2.24) is 15.1 Å². The van der Waals surface area contributed by atoms with Crippen molar-refractivity contribution in [1.29, 1.82) is 0 Å². The van der Waals surface area contributed by atoms with Crippen molar-refractivity contribution in [2.24, 2.45) is 0 Å². The Labute approximate surface area is 178 Å². The van der Waals surface area contributed by atoms with Gasteiger partial charge in [0.05, 0.1) is 19.3 Å². The van der Waals surface area contributed by atoms with Gasteiger partial charge in [0, 0.05) is 33.2 Å². The van der Waals surface area contributed by atoms with Crippen LogP contribution in [0.2, 0.25) is 0 Å². The number of nitrogens with zero attached hydrogens (tertiary/aromatic N) is 2. The average Bonchev–Trinajstić information content (AvgIpc) is 2.75. The first-order valence-electron chi connectivity index (χ1n) is 10.2. The minimum absolute atomic E-state index is 0.0753. The lowest BCUT2D eigenvalue weighted by Gasteiger charge is -2.40. The molecule has 1 fully saturated rings. The molecule has 1 aliphatic rings. The standard InChI is InChI=1S/C23H30N4O3/c1-17-9-10-21(30-3)19(13-17)25-22(28)16-27-12-11-26(15-20(27)23(29)24-2)14-18-7-5-4-6-8-18/h4-10,13,20H,11-12,14-16H2,1-3H3,(H,24,29)(H,25,28)/t20-/m0/s1. The van der Waals surface area contributed by atoms with E-state index >= 15 is 0 Å². The Bertz CT molecular complexity index is 872. The van der Waals surface area contributed by atoms with Crippen LogP contribution in [0.5, 0.6) is 5.75 Å². The lowest BCUT2D eigenvalue weighted by molar-refractivity contribution is -0.130. The van der Waals surface area contributed by atoms with Gasteiger partial charge in [-0.1, -0.05) is 36.4 Å². The molecule has 1 atom stereocenters. The maximum absolute atomic E-state index is 12.7. The summed E-state index contributed by atoms with van der Waals surface area (Å²) in [6.07, 6.45) is 0. The number of piperazine rings is 1. The highest BCUT2D eigenvalue weighted by molar-refractivity contribution is 5.94. The number of rotatable bonds is 7. The Morgan fingerprint density at radius 3 is 2.60 bits per heavy atom. The Balaban J connectivity index is 1.65. The van der Waals surface area contributed by atoms with Gasteiger partial charge >= 0.3 is 0 Å². The molecule has 7 nitrogen and oxygen atoms in total. The van der Waals surface area contributed by atoms with Crippen LogP contribution in [-0.2, 0) is 16.1 Å². The number of aryl methyl sites for hydroxylation is 1. The number of hydrogen-bond acceptors (Lipinski definition) is 5. The van der Waals surface area contributed by atoms with Crippen LogP contribution in [0.1, 0.15) is 11.1 Å². The maximum Gasteiger partial charge on any atom is 0.238 e. The minimum Gasteiger partial charge on any atom is -0.495 e. The molecule has 2 aromatic carbocycles. The molecule has 0 bridgehead atoms. The molecule has 160 valence electrons. The normalized spacial score (nSPS) is 17.4. The molecule has 30 heavy (non-hydrogen) atoms. The fourth-order valence-corrected chi connectivity index (χ4v) is 3.76. The monoisotopic (exact) mass is 410 g/mol. The zero-order valence-corrected chi connectivity index (χ0v) is 17.9. The summed E-state index contributed by atoms with van der Waals surface area (Å²) in [6, 6.07) is 15.5. The van der Waals surface area contributed by atoms with Crippen LogP contribution < -0.4 is 15.4 Å². The summed E-state index contributed by atoms with van der Waals surface area (Å²) >= 11 is 0. The number of likely N-dealkylation sites (N-methyl/N-ethyl adjacent to an activating group) is 1. The van der Waals surface area contributed by atoms with Gasteiger partial charge in [-0.3, -0.25) is 19.4 Å². The molecule has 0 aromatic heterocycles. The highest BCUT2D eigenvalue weighted by Gasteiger charge is 2.33. The first kappa shape index (κ1) is 21.8. The van der Waals surface area contributed by atoms with Crippen LogP contribution in [0.4, 0.5) is 5.69 Å². The molecule has 2 amide bonds. The lowest BCUT2D eigenvalue weighted by atomic mass is 10.1. The summed E-state index contributed by atoms with van der Waals surface area (Å²) in [7, 11) is 3.21. The van der Waals surface area contributed by atoms with Crippen LogP contribution >= 0.6 is 0 Å². The largest absolute Gasteiger partial charge is 0.495 e. The van der Waals surface area contributed by atoms with Crippen molar-refractivity contribution in [2.75, 3.05) is 45.7 Å². The topological polar surface area (TPSA) is 73.9 Å². The molecule has 2 N–H and O–H groups in total. The van der Waals surface area contributed by atoms with Crippen molar-refractivity contribution >= 4 is 17.5 Å². The third-order valence-corrected chi connectivity index (χ3v) is 5.35. The summed E-state index contributed by atoms with van der Waals surface area (Å²) in [5, 5.41) is 5.67. The molecule has 1 aliphatic heterocycles. The van der Waals surface area contributed by atoms with Gasteiger partial charge in [-0.2, -0.15) is 0 Å². The molecule has 0 unspecified atom stereocenters. The molecule has 1 saturated heterocycles. The van der Waals surface area contributed by atoms with E-state index in [1.165, 1.54) is 5.56 Å². The van der Waals surface area contributed by atoms with Gasteiger partial charge in [0.2, 0.25) is 11.8 Å². The SMILES string of the molecule is CNC(=O)[C@@H]1CN(Cc2ccccc2)CCN1CC(=O)Nc1cc(C)ccc1OC.